The lowest BCUT2D eigenvalue weighted by molar-refractivity contribution is 0.0696. The second-order valence-corrected chi connectivity index (χ2v) is 4.49. The van der Waals surface area contributed by atoms with Crippen molar-refractivity contribution >= 4 is 11.6 Å². The molecule has 0 bridgehead atoms. The number of aryl methyl sites for hydroxylation is 1. The largest absolute Gasteiger partial charge is 0.478 e. The molecular formula is C15H13N3O2. The average Bonchev–Trinajstić information content (AvgIpc) is 2.89. The van der Waals surface area contributed by atoms with E-state index >= 15 is 0 Å². The van der Waals surface area contributed by atoms with E-state index in [1.165, 1.54) is 6.07 Å². The molecule has 5 heteroatoms. The summed E-state index contributed by atoms with van der Waals surface area (Å²) in [5, 5.41) is 17.4. The van der Waals surface area contributed by atoms with E-state index in [1.807, 2.05) is 24.3 Å². The highest BCUT2D eigenvalue weighted by atomic mass is 16.4. The van der Waals surface area contributed by atoms with Crippen molar-refractivity contribution in [1.82, 2.24) is 14.6 Å². The maximum atomic E-state index is 11.1. The average molecular weight is 267 g/mol. The van der Waals surface area contributed by atoms with Crippen molar-refractivity contribution in [2.45, 2.75) is 13.3 Å². The molecule has 0 aliphatic rings. The Bertz CT molecular complexity index is 793. The molecule has 0 spiro atoms. The molecule has 1 N–H and O–H groups in total. The number of hydrogen-bond acceptors (Lipinski definition) is 3. The summed E-state index contributed by atoms with van der Waals surface area (Å²) in [7, 11) is 0. The number of carbonyl (C=O) groups is 1. The minimum absolute atomic E-state index is 0.215. The van der Waals surface area contributed by atoms with Crippen molar-refractivity contribution in [3.8, 4) is 11.4 Å². The predicted octanol–water partition coefficient (Wildman–Crippen LogP) is 2.66. The smallest absolute Gasteiger partial charge is 0.337 e. The van der Waals surface area contributed by atoms with Crippen LogP contribution in [0.5, 0.6) is 0 Å². The van der Waals surface area contributed by atoms with Crippen LogP contribution in [0.4, 0.5) is 0 Å². The minimum atomic E-state index is -0.963. The SMILES string of the molecule is CCc1ccccc1-c1nnc2ccc(C(=O)O)cn12. The van der Waals surface area contributed by atoms with Crippen LogP contribution in [-0.4, -0.2) is 25.7 Å². The Kier molecular flexibility index (Phi) is 2.95. The van der Waals surface area contributed by atoms with Gasteiger partial charge in [-0.2, -0.15) is 0 Å². The van der Waals surface area contributed by atoms with Crippen molar-refractivity contribution in [3.63, 3.8) is 0 Å². The zero-order valence-electron chi connectivity index (χ0n) is 10.9. The van der Waals surface area contributed by atoms with Crippen LogP contribution in [0.1, 0.15) is 22.8 Å². The molecule has 0 fully saturated rings. The molecule has 0 aliphatic carbocycles. The zero-order chi connectivity index (χ0) is 14.1. The number of rotatable bonds is 3. The first-order valence-corrected chi connectivity index (χ1v) is 6.37. The van der Waals surface area contributed by atoms with Gasteiger partial charge in [0.15, 0.2) is 11.5 Å². The second-order valence-electron chi connectivity index (χ2n) is 4.49. The minimum Gasteiger partial charge on any atom is -0.478 e. The Hall–Kier alpha value is -2.69. The summed E-state index contributed by atoms with van der Waals surface area (Å²) in [4.78, 5) is 11.1. The molecule has 20 heavy (non-hydrogen) atoms. The lowest BCUT2D eigenvalue weighted by Gasteiger charge is -2.06. The number of nitrogens with zero attached hydrogens (tertiary/aromatic N) is 3. The van der Waals surface area contributed by atoms with Crippen molar-refractivity contribution in [2.24, 2.45) is 0 Å². The zero-order valence-corrected chi connectivity index (χ0v) is 10.9. The van der Waals surface area contributed by atoms with Crippen molar-refractivity contribution in [1.29, 1.82) is 0 Å². The summed E-state index contributed by atoms with van der Waals surface area (Å²) in [6, 6.07) is 11.1. The first kappa shape index (κ1) is 12.3. The lowest BCUT2D eigenvalue weighted by atomic mass is 10.0. The van der Waals surface area contributed by atoms with Crippen LogP contribution in [-0.2, 0) is 6.42 Å². The standard InChI is InChI=1S/C15H13N3O2/c1-2-10-5-3-4-6-12(10)14-17-16-13-8-7-11(15(19)20)9-18(13)14/h3-9H,2H2,1H3,(H,19,20). The first-order valence-electron chi connectivity index (χ1n) is 6.37. The van der Waals surface area contributed by atoms with Gasteiger partial charge in [-0.05, 0) is 24.1 Å². The first-order chi connectivity index (χ1) is 9.70. The Morgan fingerprint density at radius 1 is 1.20 bits per heavy atom. The van der Waals surface area contributed by atoms with E-state index in [1.54, 1.807) is 16.7 Å². The van der Waals surface area contributed by atoms with Crippen LogP contribution >= 0.6 is 0 Å². The highest BCUT2D eigenvalue weighted by Crippen LogP contribution is 2.23. The number of aromatic carboxylic acids is 1. The van der Waals surface area contributed by atoms with Gasteiger partial charge in [-0.3, -0.25) is 4.40 Å². The fourth-order valence-corrected chi connectivity index (χ4v) is 2.25. The van der Waals surface area contributed by atoms with Crippen LogP contribution in [0.3, 0.4) is 0 Å². The summed E-state index contributed by atoms with van der Waals surface area (Å²) in [5.41, 5.74) is 2.98. The van der Waals surface area contributed by atoms with E-state index in [-0.39, 0.29) is 5.56 Å². The number of hydrogen-bond donors (Lipinski definition) is 1. The third-order valence-electron chi connectivity index (χ3n) is 3.29. The number of aromatic nitrogens is 3. The number of pyridine rings is 1. The van der Waals surface area contributed by atoms with E-state index < -0.39 is 5.97 Å². The summed E-state index contributed by atoms with van der Waals surface area (Å²) in [5.74, 6) is -0.295. The van der Waals surface area contributed by atoms with Gasteiger partial charge < -0.3 is 5.11 Å². The third-order valence-corrected chi connectivity index (χ3v) is 3.29. The van der Waals surface area contributed by atoms with Crippen LogP contribution in [0, 0.1) is 0 Å². The molecule has 3 aromatic rings. The van der Waals surface area contributed by atoms with Gasteiger partial charge in [-0.25, -0.2) is 4.79 Å². The number of fused-ring (bicyclic) bond motifs is 1. The molecule has 2 heterocycles. The van der Waals surface area contributed by atoms with Crippen molar-refractivity contribution < 1.29 is 9.90 Å². The number of carboxylic acid groups (broad SMARTS) is 1. The van der Waals surface area contributed by atoms with E-state index in [0.29, 0.717) is 11.5 Å². The molecule has 0 atom stereocenters. The Labute approximate surface area is 115 Å². The van der Waals surface area contributed by atoms with Gasteiger partial charge in [0.05, 0.1) is 5.56 Å². The van der Waals surface area contributed by atoms with Gasteiger partial charge >= 0.3 is 5.97 Å². The van der Waals surface area contributed by atoms with E-state index in [0.717, 1.165) is 17.5 Å². The van der Waals surface area contributed by atoms with Gasteiger partial charge in [-0.15, -0.1) is 10.2 Å². The normalized spacial score (nSPS) is 10.8. The molecule has 0 aliphatic heterocycles. The molecule has 0 unspecified atom stereocenters. The highest BCUT2D eigenvalue weighted by molar-refractivity contribution is 5.87. The van der Waals surface area contributed by atoms with Crippen LogP contribution < -0.4 is 0 Å². The maximum Gasteiger partial charge on any atom is 0.337 e. The fourth-order valence-electron chi connectivity index (χ4n) is 2.25. The lowest BCUT2D eigenvalue weighted by Crippen LogP contribution is -2.00. The molecule has 2 aromatic heterocycles. The quantitative estimate of drug-likeness (QED) is 0.792. The van der Waals surface area contributed by atoms with Crippen LogP contribution in [0.2, 0.25) is 0 Å². The monoisotopic (exact) mass is 267 g/mol. The van der Waals surface area contributed by atoms with Crippen molar-refractivity contribution in [3.05, 3.63) is 53.7 Å². The van der Waals surface area contributed by atoms with E-state index in [9.17, 15) is 4.79 Å². The summed E-state index contributed by atoms with van der Waals surface area (Å²) in [6.07, 6.45) is 2.43. The molecule has 100 valence electrons. The third kappa shape index (κ3) is 1.93. The molecule has 0 saturated carbocycles. The Balaban J connectivity index is 2.26. The fraction of sp³-hybridized carbons (Fsp3) is 0.133. The Morgan fingerprint density at radius 3 is 2.75 bits per heavy atom. The summed E-state index contributed by atoms with van der Waals surface area (Å²) >= 11 is 0. The van der Waals surface area contributed by atoms with Crippen LogP contribution in [0.15, 0.2) is 42.6 Å². The van der Waals surface area contributed by atoms with Crippen LogP contribution in [0.25, 0.3) is 17.0 Å². The van der Waals surface area contributed by atoms with Gasteiger partial charge in [0.25, 0.3) is 0 Å². The molecule has 1 aromatic carbocycles. The molecule has 3 rings (SSSR count). The Morgan fingerprint density at radius 2 is 2.00 bits per heavy atom. The highest BCUT2D eigenvalue weighted by Gasteiger charge is 2.13. The van der Waals surface area contributed by atoms with Crippen molar-refractivity contribution in [2.75, 3.05) is 0 Å². The van der Waals surface area contributed by atoms with E-state index in [2.05, 4.69) is 17.1 Å². The molecule has 5 nitrogen and oxygen atoms in total. The second kappa shape index (κ2) is 4.77. The van der Waals surface area contributed by atoms with Gasteiger partial charge in [0.2, 0.25) is 0 Å². The van der Waals surface area contributed by atoms with Gasteiger partial charge in [-0.1, -0.05) is 31.2 Å². The topological polar surface area (TPSA) is 67.5 Å². The van der Waals surface area contributed by atoms with Gasteiger partial charge in [0.1, 0.15) is 0 Å². The molecule has 0 saturated heterocycles. The maximum absolute atomic E-state index is 11.1. The van der Waals surface area contributed by atoms with Gasteiger partial charge in [0, 0.05) is 11.8 Å². The predicted molar refractivity (Wildman–Crippen MR) is 74.8 cm³/mol. The molecule has 0 radical (unpaired) electrons. The van der Waals surface area contributed by atoms with E-state index in [4.69, 9.17) is 5.11 Å². The summed E-state index contributed by atoms with van der Waals surface area (Å²) < 4.78 is 1.72. The molecule has 0 amide bonds. The number of benzene rings is 1. The summed E-state index contributed by atoms with van der Waals surface area (Å²) in [6.45, 7) is 2.07. The number of carboxylic acids is 1. The molecular weight excluding hydrogens is 254 g/mol.